The fourth-order valence-electron chi connectivity index (χ4n) is 1.54. The SMILES string of the molecule is NC1=Nn2c(CSc3ccccc3)nnc2SC1. The van der Waals surface area contributed by atoms with Gasteiger partial charge in [0, 0.05) is 4.90 Å². The summed E-state index contributed by atoms with van der Waals surface area (Å²) in [5, 5.41) is 13.3. The molecule has 5 nitrogen and oxygen atoms in total. The highest BCUT2D eigenvalue weighted by Crippen LogP contribution is 2.25. The van der Waals surface area contributed by atoms with Crippen molar-refractivity contribution in [3.63, 3.8) is 0 Å². The minimum atomic E-state index is 0.610. The zero-order valence-electron chi connectivity index (χ0n) is 9.48. The van der Waals surface area contributed by atoms with Crippen LogP contribution in [-0.4, -0.2) is 26.5 Å². The van der Waals surface area contributed by atoms with E-state index in [1.54, 1.807) is 28.2 Å². The number of nitrogens with two attached hydrogens (primary N) is 1. The Morgan fingerprint density at radius 2 is 2.11 bits per heavy atom. The summed E-state index contributed by atoms with van der Waals surface area (Å²) in [5.41, 5.74) is 5.73. The first-order valence-electron chi connectivity index (χ1n) is 5.41. The van der Waals surface area contributed by atoms with Crippen molar-refractivity contribution in [1.29, 1.82) is 0 Å². The van der Waals surface area contributed by atoms with Gasteiger partial charge in [0.2, 0.25) is 5.16 Å². The van der Waals surface area contributed by atoms with Crippen molar-refractivity contribution in [2.45, 2.75) is 15.8 Å². The van der Waals surface area contributed by atoms with Crippen LogP contribution >= 0.6 is 23.5 Å². The third kappa shape index (κ3) is 2.37. The average molecular weight is 277 g/mol. The van der Waals surface area contributed by atoms with E-state index in [1.807, 2.05) is 18.2 Å². The molecular weight excluding hydrogens is 266 g/mol. The van der Waals surface area contributed by atoms with Crippen LogP contribution in [0.5, 0.6) is 0 Å². The molecule has 18 heavy (non-hydrogen) atoms. The van der Waals surface area contributed by atoms with Crippen molar-refractivity contribution in [3.05, 3.63) is 36.2 Å². The zero-order chi connectivity index (χ0) is 12.4. The maximum Gasteiger partial charge on any atom is 0.212 e. The summed E-state index contributed by atoms with van der Waals surface area (Å²) in [5.74, 6) is 2.85. The number of benzene rings is 1. The minimum Gasteiger partial charge on any atom is -0.385 e. The van der Waals surface area contributed by atoms with Gasteiger partial charge in [0.25, 0.3) is 0 Å². The molecule has 1 aliphatic rings. The Kier molecular flexibility index (Phi) is 3.24. The average Bonchev–Trinajstić information content (AvgIpc) is 2.80. The Labute approximate surface area is 113 Å². The number of hydrogen-bond donors (Lipinski definition) is 1. The summed E-state index contributed by atoms with van der Waals surface area (Å²) in [7, 11) is 0. The van der Waals surface area contributed by atoms with Gasteiger partial charge >= 0.3 is 0 Å². The quantitative estimate of drug-likeness (QED) is 0.866. The van der Waals surface area contributed by atoms with E-state index < -0.39 is 0 Å². The third-order valence-corrected chi connectivity index (χ3v) is 4.33. The fraction of sp³-hybridized carbons (Fsp3) is 0.182. The lowest BCUT2D eigenvalue weighted by Gasteiger charge is -2.09. The predicted molar refractivity (Wildman–Crippen MR) is 73.8 cm³/mol. The summed E-state index contributed by atoms with van der Waals surface area (Å²) in [6.07, 6.45) is 0. The number of rotatable bonds is 3. The summed E-state index contributed by atoms with van der Waals surface area (Å²) >= 11 is 3.27. The Balaban J connectivity index is 1.77. The van der Waals surface area contributed by atoms with Crippen LogP contribution in [0.4, 0.5) is 0 Å². The van der Waals surface area contributed by atoms with Gasteiger partial charge in [0.05, 0.1) is 11.5 Å². The van der Waals surface area contributed by atoms with Gasteiger partial charge in [-0.1, -0.05) is 30.0 Å². The van der Waals surface area contributed by atoms with Gasteiger partial charge in [-0.15, -0.1) is 22.0 Å². The van der Waals surface area contributed by atoms with Gasteiger partial charge in [0.1, 0.15) is 5.84 Å². The van der Waals surface area contributed by atoms with E-state index in [0.717, 1.165) is 16.7 Å². The largest absolute Gasteiger partial charge is 0.385 e. The molecule has 2 N–H and O–H groups in total. The van der Waals surface area contributed by atoms with E-state index in [1.165, 1.54) is 4.90 Å². The van der Waals surface area contributed by atoms with Gasteiger partial charge in [-0.05, 0) is 12.1 Å². The molecule has 92 valence electrons. The number of nitrogens with zero attached hydrogens (tertiary/aromatic N) is 4. The van der Waals surface area contributed by atoms with Crippen LogP contribution in [0, 0.1) is 0 Å². The highest BCUT2D eigenvalue weighted by atomic mass is 32.2. The van der Waals surface area contributed by atoms with Gasteiger partial charge in [-0.3, -0.25) is 0 Å². The van der Waals surface area contributed by atoms with Gasteiger partial charge in [-0.25, -0.2) is 0 Å². The zero-order valence-corrected chi connectivity index (χ0v) is 11.1. The number of thioether (sulfide) groups is 2. The third-order valence-electron chi connectivity index (χ3n) is 2.37. The highest BCUT2D eigenvalue weighted by Gasteiger charge is 2.17. The van der Waals surface area contributed by atoms with Crippen LogP contribution in [0.2, 0.25) is 0 Å². The normalized spacial score (nSPS) is 14.1. The first-order chi connectivity index (χ1) is 8.83. The summed E-state index contributed by atoms with van der Waals surface area (Å²) in [4.78, 5) is 1.20. The highest BCUT2D eigenvalue weighted by molar-refractivity contribution is 7.99. The van der Waals surface area contributed by atoms with Crippen molar-refractivity contribution in [2.75, 3.05) is 5.75 Å². The van der Waals surface area contributed by atoms with Gasteiger partial charge in [-0.2, -0.15) is 9.78 Å². The topological polar surface area (TPSA) is 69.1 Å². The second kappa shape index (κ2) is 5.03. The molecule has 0 saturated carbocycles. The van der Waals surface area contributed by atoms with Crippen LogP contribution in [0.1, 0.15) is 5.82 Å². The Morgan fingerprint density at radius 3 is 2.94 bits per heavy atom. The van der Waals surface area contributed by atoms with E-state index in [0.29, 0.717) is 11.6 Å². The molecule has 2 heterocycles. The van der Waals surface area contributed by atoms with E-state index in [2.05, 4.69) is 27.4 Å². The molecule has 0 bridgehead atoms. The monoisotopic (exact) mass is 277 g/mol. The Bertz CT molecular complexity index is 578. The van der Waals surface area contributed by atoms with E-state index >= 15 is 0 Å². The van der Waals surface area contributed by atoms with Crippen molar-refractivity contribution in [3.8, 4) is 0 Å². The number of amidine groups is 1. The molecule has 0 fully saturated rings. The molecule has 0 aliphatic carbocycles. The molecule has 0 amide bonds. The molecule has 7 heteroatoms. The van der Waals surface area contributed by atoms with Crippen molar-refractivity contribution in [1.82, 2.24) is 14.9 Å². The Hall–Kier alpha value is -1.47. The maximum absolute atomic E-state index is 5.73. The Morgan fingerprint density at radius 1 is 1.28 bits per heavy atom. The molecule has 1 aromatic heterocycles. The summed E-state index contributed by atoms with van der Waals surface area (Å²) < 4.78 is 1.74. The molecule has 0 radical (unpaired) electrons. The molecule has 0 saturated heterocycles. The molecule has 0 spiro atoms. The maximum atomic E-state index is 5.73. The molecule has 1 aromatic carbocycles. The molecule has 3 rings (SSSR count). The summed E-state index contributed by atoms with van der Waals surface area (Å²) in [6.45, 7) is 0. The number of hydrogen-bond acceptors (Lipinski definition) is 6. The minimum absolute atomic E-state index is 0.610. The van der Waals surface area contributed by atoms with Crippen molar-refractivity contribution >= 4 is 29.4 Å². The lowest BCUT2D eigenvalue weighted by Crippen LogP contribution is -2.21. The van der Waals surface area contributed by atoms with Gasteiger partial charge < -0.3 is 5.73 Å². The summed E-state index contributed by atoms with van der Waals surface area (Å²) in [6, 6.07) is 10.2. The first-order valence-corrected chi connectivity index (χ1v) is 7.38. The van der Waals surface area contributed by atoms with E-state index in [4.69, 9.17) is 5.73 Å². The molecule has 1 aliphatic heterocycles. The molecule has 0 atom stereocenters. The smallest absolute Gasteiger partial charge is 0.212 e. The van der Waals surface area contributed by atoms with Crippen molar-refractivity contribution in [2.24, 2.45) is 10.8 Å². The number of aromatic nitrogens is 3. The van der Waals surface area contributed by atoms with Gasteiger partial charge in [0.15, 0.2) is 5.82 Å². The number of fused-ring (bicyclic) bond motifs is 1. The van der Waals surface area contributed by atoms with Crippen LogP contribution in [0.25, 0.3) is 0 Å². The van der Waals surface area contributed by atoms with Crippen LogP contribution in [0.3, 0.4) is 0 Å². The molecule has 0 unspecified atom stereocenters. The lowest BCUT2D eigenvalue weighted by atomic mass is 10.4. The molecule has 2 aromatic rings. The fourth-order valence-corrected chi connectivity index (χ4v) is 3.06. The van der Waals surface area contributed by atoms with Crippen LogP contribution in [-0.2, 0) is 5.75 Å². The first kappa shape index (κ1) is 11.6. The predicted octanol–water partition coefficient (Wildman–Crippen LogP) is 1.80. The van der Waals surface area contributed by atoms with Crippen molar-refractivity contribution < 1.29 is 0 Å². The van der Waals surface area contributed by atoms with E-state index in [9.17, 15) is 0 Å². The lowest BCUT2D eigenvalue weighted by molar-refractivity contribution is 0.729. The second-order valence-corrected chi connectivity index (χ2v) is 5.68. The second-order valence-electron chi connectivity index (χ2n) is 3.69. The van der Waals surface area contributed by atoms with E-state index in [-0.39, 0.29) is 0 Å². The molecular formula is C11H11N5S2. The van der Waals surface area contributed by atoms with Crippen LogP contribution < -0.4 is 5.73 Å². The standard InChI is InChI=1S/C11H11N5S2/c12-9-6-18-11-14-13-10(16(11)15-9)7-17-8-4-2-1-3-5-8/h1-5H,6-7H2,(H2,12,15). The van der Waals surface area contributed by atoms with Crippen LogP contribution in [0.15, 0.2) is 45.5 Å².